The van der Waals surface area contributed by atoms with Crippen LogP contribution in [0.5, 0.6) is 11.5 Å². The van der Waals surface area contributed by atoms with Gasteiger partial charge in [0.25, 0.3) is 0 Å². The molecule has 1 aliphatic heterocycles. The quantitative estimate of drug-likeness (QED) is 0.470. The Morgan fingerprint density at radius 2 is 1.94 bits per heavy atom. The molecule has 7 heteroatoms. The number of piperidine rings is 1. The summed E-state index contributed by atoms with van der Waals surface area (Å²) in [7, 11) is 0. The lowest BCUT2D eigenvalue weighted by atomic mass is 9.92. The highest BCUT2D eigenvalue weighted by molar-refractivity contribution is 5.72. The molecule has 1 heterocycles. The molecule has 0 spiro atoms. The summed E-state index contributed by atoms with van der Waals surface area (Å²) in [6, 6.07) is 9.59. The molecular formula is C24H30F2N2O3. The molecule has 0 amide bonds. The summed E-state index contributed by atoms with van der Waals surface area (Å²) in [5, 5.41) is 0. The number of para-hydroxylation sites is 1. The summed E-state index contributed by atoms with van der Waals surface area (Å²) in [4.78, 5) is 13.9. The highest BCUT2D eigenvalue weighted by Gasteiger charge is 2.28. The highest BCUT2D eigenvalue weighted by Crippen LogP contribution is 2.39. The summed E-state index contributed by atoms with van der Waals surface area (Å²) in [6.07, 6.45) is 2.69. The second-order valence-corrected chi connectivity index (χ2v) is 8.93. The van der Waals surface area contributed by atoms with Crippen LogP contribution in [0, 0.1) is 17.6 Å². The van der Waals surface area contributed by atoms with E-state index in [1.54, 1.807) is 30.3 Å². The van der Waals surface area contributed by atoms with E-state index < -0.39 is 23.0 Å². The van der Waals surface area contributed by atoms with Gasteiger partial charge in [-0.2, -0.15) is 0 Å². The SMILES string of the molecule is CC(C)(C)OC(=O)CC[C@@H]1CCCN(c2c(N)cc(F)c(Oc3ccccc3)c2F)C1. The Labute approximate surface area is 182 Å². The lowest BCUT2D eigenvalue weighted by Gasteiger charge is -2.35. The van der Waals surface area contributed by atoms with E-state index in [0.29, 0.717) is 31.7 Å². The predicted octanol–water partition coefficient (Wildman–Crippen LogP) is 5.68. The molecule has 2 aromatic rings. The molecule has 3 rings (SSSR count). The van der Waals surface area contributed by atoms with Crippen molar-refractivity contribution < 1.29 is 23.0 Å². The van der Waals surface area contributed by atoms with Crippen LogP contribution < -0.4 is 15.4 Å². The third-order valence-electron chi connectivity index (χ3n) is 5.15. The molecule has 0 aromatic heterocycles. The van der Waals surface area contributed by atoms with Crippen LogP contribution in [-0.4, -0.2) is 24.7 Å². The van der Waals surface area contributed by atoms with Crippen LogP contribution >= 0.6 is 0 Å². The molecule has 31 heavy (non-hydrogen) atoms. The Balaban J connectivity index is 1.74. The van der Waals surface area contributed by atoms with E-state index in [-0.39, 0.29) is 23.3 Å². The van der Waals surface area contributed by atoms with E-state index >= 15 is 4.39 Å². The summed E-state index contributed by atoms with van der Waals surface area (Å²) >= 11 is 0. The minimum absolute atomic E-state index is 0.0307. The van der Waals surface area contributed by atoms with Crippen molar-refractivity contribution in [3.63, 3.8) is 0 Å². The lowest BCUT2D eigenvalue weighted by Crippen LogP contribution is -2.37. The van der Waals surface area contributed by atoms with Gasteiger partial charge in [-0.25, -0.2) is 8.78 Å². The topological polar surface area (TPSA) is 64.8 Å². The molecule has 2 aromatic carbocycles. The first-order valence-electron chi connectivity index (χ1n) is 10.6. The predicted molar refractivity (Wildman–Crippen MR) is 117 cm³/mol. The maximum absolute atomic E-state index is 15.3. The van der Waals surface area contributed by atoms with Gasteiger partial charge in [-0.15, -0.1) is 0 Å². The van der Waals surface area contributed by atoms with Gasteiger partial charge in [0.05, 0.1) is 5.69 Å². The number of nitrogen functional groups attached to an aromatic ring is 1. The number of anilines is 2. The fraction of sp³-hybridized carbons (Fsp3) is 0.458. The van der Waals surface area contributed by atoms with Gasteiger partial charge in [0.1, 0.15) is 17.0 Å². The second kappa shape index (κ2) is 9.54. The van der Waals surface area contributed by atoms with Crippen LogP contribution in [-0.2, 0) is 9.53 Å². The lowest BCUT2D eigenvalue weighted by molar-refractivity contribution is -0.155. The molecular weight excluding hydrogens is 402 g/mol. The van der Waals surface area contributed by atoms with Gasteiger partial charge in [0, 0.05) is 25.6 Å². The standard InChI is InChI=1S/C24H30F2N2O3/c1-24(2,3)31-20(29)12-11-16-8-7-13-28(15-16)22-19(27)14-18(25)23(21(22)26)30-17-9-5-4-6-10-17/h4-6,9-10,14,16H,7-8,11-13,15,27H2,1-3H3/t16-/m0/s1. The largest absolute Gasteiger partial charge is 0.460 e. The van der Waals surface area contributed by atoms with Gasteiger partial charge < -0.3 is 20.1 Å². The number of halogens is 2. The van der Waals surface area contributed by atoms with Crippen molar-refractivity contribution in [1.82, 2.24) is 0 Å². The van der Waals surface area contributed by atoms with Gasteiger partial charge in [-0.1, -0.05) is 18.2 Å². The van der Waals surface area contributed by atoms with E-state index in [1.165, 1.54) is 0 Å². The van der Waals surface area contributed by atoms with E-state index in [1.807, 2.05) is 25.7 Å². The molecule has 2 N–H and O–H groups in total. The van der Waals surface area contributed by atoms with Gasteiger partial charge >= 0.3 is 5.97 Å². The summed E-state index contributed by atoms with van der Waals surface area (Å²) in [5.74, 6) is -1.84. The fourth-order valence-corrected chi connectivity index (χ4v) is 3.85. The minimum atomic E-state index is -0.846. The second-order valence-electron chi connectivity index (χ2n) is 8.93. The van der Waals surface area contributed by atoms with Gasteiger partial charge in [-0.05, 0) is 58.1 Å². The Bertz CT molecular complexity index is 913. The monoisotopic (exact) mass is 432 g/mol. The molecule has 5 nitrogen and oxygen atoms in total. The average molecular weight is 433 g/mol. The number of carbonyl (C=O) groups is 1. The van der Waals surface area contributed by atoms with Crippen molar-refractivity contribution in [3.05, 3.63) is 48.0 Å². The Morgan fingerprint density at radius 1 is 1.23 bits per heavy atom. The first-order valence-corrected chi connectivity index (χ1v) is 10.6. The molecule has 1 atom stereocenters. The number of hydrogen-bond donors (Lipinski definition) is 1. The normalized spacial score (nSPS) is 16.8. The first-order chi connectivity index (χ1) is 14.6. The van der Waals surface area contributed by atoms with Crippen LogP contribution in [0.15, 0.2) is 36.4 Å². The smallest absolute Gasteiger partial charge is 0.306 e. The molecule has 1 aliphatic rings. The molecule has 1 fully saturated rings. The Morgan fingerprint density at radius 3 is 2.61 bits per heavy atom. The fourth-order valence-electron chi connectivity index (χ4n) is 3.85. The minimum Gasteiger partial charge on any atom is -0.460 e. The van der Waals surface area contributed by atoms with Crippen molar-refractivity contribution in [2.45, 2.75) is 52.1 Å². The molecule has 168 valence electrons. The van der Waals surface area contributed by atoms with Crippen LogP contribution in [0.2, 0.25) is 0 Å². The van der Waals surface area contributed by atoms with Crippen molar-refractivity contribution in [1.29, 1.82) is 0 Å². The zero-order chi connectivity index (χ0) is 22.6. The summed E-state index contributed by atoms with van der Waals surface area (Å²) in [5.41, 5.74) is 5.66. The van der Waals surface area contributed by atoms with E-state index in [9.17, 15) is 9.18 Å². The van der Waals surface area contributed by atoms with Crippen LogP contribution in [0.4, 0.5) is 20.2 Å². The van der Waals surface area contributed by atoms with Crippen molar-refractivity contribution in [2.75, 3.05) is 23.7 Å². The van der Waals surface area contributed by atoms with Gasteiger partial charge in [0.15, 0.2) is 11.6 Å². The van der Waals surface area contributed by atoms with E-state index in [0.717, 1.165) is 18.9 Å². The number of nitrogens with two attached hydrogens (primary N) is 1. The number of ether oxygens (including phenoxy) is 2. The third kappa shape index (κ3) is 6.09. The van der Waals surface area contributed by atoms with Gasteiger partial charge in [-0.3, -0.25) is 4.79 Å². The number of benzene rings is 2. The zero-order valence-electron chi connectivity index (χ0n) is 18.3. The number of nitrogens with zero attached hydrogens (tertiary/aromatic N) is 1. The molecule has 0 saturated carbocycles. The Hall–Kier alpha value is -2.83. The number of hydrogen-bond acceptors (Lipinski definition) is 5. The highest BCUT2D eigenvalue weighted by atomic mass is 19.1. The summed E-state index contributed by atoms with van der Waals surface area (Å²) in [6.45, 7) is 6.63. The van der Waals surface area contributed by atoms with Crippen LogP contribution in [0.25, 0.3) is 0 Å². The third-order valence-corrected chi connectivity index (χ3v) is 5.15. The van der Waals surface area contributed by atoms with Crippen molar-refractivity contribution in [3.8, 4) is 11.5 Å². The van der Waals surface area contributed by atoms with Crippen LogP contribution in [0.3, 0.4) is 0 Å². The molecule has 0 radical (unpaired) electrons. The molecule has 0 unspecified atom stereocenters. The average Bonchev–Trinajstić information content (AvgIpc) is 2.69. The van der Waals surface area contributed by atoms with E-state index in [2.05, 4.69) is 0 Å². The zero-order valence-corrected chi connectivity index (χ0v) is 18.3. The molecule has 0 aliphatic carbocycles. The number of esters is 1. The maximum Gasteiger partial charge on any atom is 0.306 e. The maximum atomic E-state index is 15.3. The number of carbonyl (C=O) groups excluding carboxylic acids is 1. The van der Waals surface area contributed by atoms with E-state index in [4.69, 9.17) is 15.2 Å². The van der Waals surface area contributed by atoms with Crippen molar-refractivity contribution in [2.24, 2.45) is 5.92 Å². The van der Waals surface area contributed by atoms with Crippen molar-refractivity contribution >= 4 is 17.3 Å². The van der Waals surface area contributed by atoms with Gasteiger partial charge in [0.2, 0.25) is 5.75 Å². The Kier molecular flexibility index (Phi) is 7.03. The molecule has 1 saturated heterocycles. The number of rotatable bonds is 6. The van der Waals surface area contributed by atoms with Crippen LogP contribution in [0.1, 0.15) is 46.5 Å². The summed E-state index contributed by atoms with van der Waals surface area (Å²) < 4.78 is 40.6. The first kappa shape index (κ1) is 22.8. The molecule has 0 bridgehead atoms.